The van der Waals surface area contributed by atoms with E-state index in [4.69, 9.17) is 20.3 Å². The first-order valence-corrected chi connectivity index (χ1v) is 6.56. The van der Waals surface area contributed by atoms with Gasteiger partial charge in [-0.3, -0.25) is 0 Å². The zero-order valence-electron chi connectivity index (χ0n) is 11.3. The highest BCUT2D eigenvalue weighted by atomic mass is 16.5. The molecule has 0 aromatic carbocycles. The average Bonchev–Trinajstić information content (AvgIpc) is 2.47. The van der Waals surface area contributed by atoms with Crippen LogP contribution < -0.4 is 16.0 Å². The van der Waals surface area contributed by atoms with Gasteiger partial charge in [0.25, 0.3) is 0 Å². The van der Waals surface area contributed by atoms with E-state index in [1.807, 2.05) is 4.90 Å². The van der Waals surface area contributed by atoms with Gasteiger partial charge in [-0.25, -0.2) is 0 Å². The van der Waals surface area contributed by atoms with Crippen molar-refractivity contribution in [3.63, 3.8) is 0 Å². The standard InChI is InChI=1S/C11H20N6O3/c12-9-14-10(13-1-5-19-8-4-18)16-11(15-9)17-2-6-20-7-3-17/h18H,1-8H2,(H3,12,13,14,15,16). The Balaban J connectivity index is 1.90. The Morgan fingerprint density at radius 2 is 2.05 bits per heavy atom. The molecule has 1 saturated heterocycles. The molecule has 1 aromatic rings. The zero-order chi connectivity index (χ0) is 14.2. The molecule has 0 atom stereocenters. The van der Waals surface area contributed by atoms with Crippen LogP contribution in [0.15, 0.2) is 0 Å². The van der Waals surface area contributed by atoms with Crippen LogP contribution in [0.5, 0.6) is 0 Å². The lowest BCUT2D eigenvalue weighted by Crippen LogP contribution is -2.37. The number of ether oxygens (including phenoxy) is 2. The number of nitrogens with two attached hydrogens (primary N) is 1. The minimum absolute atomic E-state index is 0.0138. The summed E-state index contributed by atoms with van der Waals surface area (Å²) < 4.78 is 10.4. The Hall–Kier alpha value is -1.71. The van der Waals surface area contributed by atoms with Crippen molar-refractivity contribution in [2.45, 2.75) is 0 Å². The van der Waals surface area contributed by atoms with Gasteiger partial charge < -0.3 is 30.5 Å². The van der Waals surface area contributed by atoms with Gasteiger partial charge in [-0.1, -0.05) is 0 Å². The number of rotatable bonds is 7. The molecule has 0 aliphatic carbocycles. The lowest BCUT2D eigenvalue weighted by atomic mass is 10.4. The summed E-state index contributed by atoms with van der Waals surface area (Å²) >= 11 is 0. The van der Waals surface area contributed by atoms with Gasteiger partial charge in [0.15, 0.2) is 0 Å². The van der Waals surface area contributed by atoms with Crippen LogP contribution in [0.1, 0.15) is 0 Å². The normalized spacial score (nSPS) is 15.3. The van der Waals surface area contributed by atoms with E-state index in [1.165, 1.54) is 0 Å². The molecule has 0 amide bonds. The van der Waals surface area contributed by atoms with Crippen LogP contribution in [-0.2, 0) is 9.47 Å². The van der Waals surface area contributed by atoms with E-state index in [0.29, 0.717) is 44.9 Å². The third-order valence-corrected chi connectivity index (χ3v) is 2.70. The average molecular weight is 284 g/mol. The van der Waals surface area contributed by atoms with E-state index in [-0.39, 0.29) is 12.6 Å². The van der Waals surface area contributed by atoms with Crippen molar-refractivity contribution in [3.05, 3.63) is 0 Å². The topological polar surface area (TPSA) is 119 Å². The monoisotopic (exact) mass is 284 g/mol. The molecule has 2 rings (SSSR count). The Kier molecular flexibility index (Phi) is 5.71. The Labute approximate surface area is 117 Å². The van der Waals surface area contributed by atoms with Gasteiger partial charge in [-0.2, -0.15) is 15.0 Å². The first-order valence-electron chi connectivity index (χ1n) is 6.56. The van der Waals surface area contributed by atoms with Gasteiger partial charge in [-0.05, 0) is 0 Å². The highest BCUT2D eigenvalue weighted by Gasteiger charge is 2.15. The number of nitrogens with zero attached hydrogens (tertiary/aromatic N) is 4. The van der Waals surface area contributed by atoms with Crippen molar-refractivity contribution < 1.29 is 14.6 Å². The van der Waals surface area contributed by atoms with Crippen molar-refractivity contribution in [2.75, 3.05) is 68.6 Å². The van der Waals surface area contributed by atoms with Gasteiger partial charge in [0.05, 0.1) is 33.0 Å². The van der Waals surface area contributed by atoms with Crippen molar-refractivity contribution >= 4 is 17.8 Å². The number of anilines is 3. The highest BCUT2D eigenvalue weighted by Crippen LogP contribution is 2.13. The molecule has 2 heterocycles. The second-order valence-electron chi connectivity index (χ2n) is 4.18. The largest absolute Gasteiger partial charge is 0.394 e. The molecule has 112 valence electrons. The van der Waals surface area contributed by atoms with Crippen molar-refractivity contribution in [1.29, 1.82) is 0 Å². The summed E-state index contributed by atoms with van der Waals surface area (Å²) in [6, 6.07) is 0. The van der Waals surface area contributed by atoms with Crippen molar-refractivity contribution in [1.82, 2.24) is 15.0 Å². The minimum atomic E-state index is 0.0138. The molecular weight excluding hydrogens is 264 g/mol. The lowest BCUT2D eigenvalue weighted by Gasteiger charge is -2.26. The molecule has 0 radical (unpaired) electrons. The fourth-order valence-electron chi connectivity index (χ4n) is 1.77. The molecular formula is C11H20N6O3. The summed E-state index contributed by atoms with van der Waals surface area (Å²) in [5, 5.41) is 11.6. The predicted octanol–water partition coefficient (Wildman–Crippen LogP) is -1.29. The summed E-state index contributed by atoms with van der Waals surface area (Å²) in [6.07, 6.45) is 0. The summed E-state index contributed by atoms with van der Waals surface area (Å²) in [7, 11) is 0. The summed E-state index contributed by atoms with van der Waals surface area (Å²) in [5.74, 6) is 1.16. The minimum Gasteiger partial charge on any atom is -0.394 e. The van der Waals surface area contributed by atoms with Crippen LogP contribution in [-0.4, -0.2) is 72.7 Å². The van der Waals surface area contributed by atoms with E-state index in [0.717, 1.165) is 13.1 Å². The molecule has 1 fully saturated rings. The molecule has 20 heavy (non-hydrogen) atoms. The molecule has 0 unspecified atom stereocenters. The molecule has 1 aliphatic heterocycles. The zero-order valence-corrected chi connectivity index (χ0v) is 11.3. The number of hydrogen-bond donors (Lipinski definition) is 3. The molecule has 9 heteroatoms. The molecule has 4 N–H and O–H groups in total. The predicted molar refractivity (Wildman–Crippen MR) is 73.7 cm³/mol. The maximum Gasteiger partial charge on any atom is 0.232 e. The number of aromatic nitrogens is 3. The summed E-state index contributed by atoms with van der Waals surface area (Å²) in [4.78, 5) is 14.5. The first kappa shape index (κ1) is 14.7. The van der Waals surface area contributed by atoms with Gasteiger partial charge in [0.1, 0.15) is 0 Å². The van der Waals surface area contributed by atoms with Gasteiger partial charge in [0.2, 0.25) is 17.8 Å². The van der Waals surface area contributed by atoms with E-state index in [9.17, 15) is 0 Å². The highest BCUT2D eigenvalue weighted by molar-refractivity contribution is 5.42. The fourth-order valence-corrected chi connectivity index (χ4v) is 1.77. The quantitative estimate of drug-likeness (QED) is 0.525. The van der Waals surface area contributed by atoms with E-state index < -0.39 is 0 Å². The second kappa shape index (κ2) is 7.78. The number of nitrogen functional groups attached to an aromatic ring is 1. The molecule has 0 bridgehead atoms. The Morgan fingerprint density at radius 3 is 2.80 bits per heavy atom. The Bertz CT molecular complexity index is 413. The van der Waals surface area contributed by atoms with Crippen LogP contribution in [0, 0.1) is 0 Å². The van der Waals surface area contributed by atoms with Gasteiger partial charge in [0, 0.05) is 19.6 Å². The summed E-state index contributed by atoms with van der Waals surface area (Å²) in [5.41, 5.74) is 5.69. The van der Waals surface area contributed by atoms with Crippen LogP contribution in [0.4, 0.5) is 17.8 Å². The number of aliphatic hydroxyl groups excluding tert-OH is 1. The lowest BCUT2D eigenvalue weighted by molar-refractivity contribution is 0.0991. The van der Waals surface area contributed by atoms with Crippen LogP contribution in [0.2, 0.25) is 0 Å². The number of aliphatic hydroxyl groups is 1. The third-order valence-electron chi connectivity index (χ3n) is 2.70. The van der Waals surface area contributed by atoms with E-state index in [2.05, 4.69) is 20.3 Å². The Morgan fingerprint density at radius 1 is 1.25 bits per heavy atom. The van der Waals surface area contributed by atoms with Gasteiger partial charge >= 0.3 is 0 Å². The third kappa shape index (κ3) is 4.44. The fraction of sp³-hybridized carbons (Fsp3) is 0.727. The molecule has 1 aliphatic rings. The van der Waals surface area contributed by atoms with Crippen molar-refractivity contribution in [2.24, 2.45) is 0 Å². The number of morpholine rings is 1. The maximum absolute atomic E-state index is 8.59. The maximum atomic E-state index is 8.59. The number of nitrogens with one attached hydrogen (secondary N) is 1. The van der Waals surface area contributed by atoms with Crippen LogP contribution in [0.3, 0.4) is 0 Å². The molecule has 9 nitrogen and oxygen atoms in total. The number of hydrogen-bond acceptors (Lipinski definition) is 9. The van der Waals surface area contributed by atoms with E-state index >= 15 is 0 Å². The smallest absolute Gasteiger partial charge is 0.232 e. The molecule has 1 aromatic heterocycles. The first-order chi connectivity index (χ1) is 9.79. The van der Waals surface area contributed by atoms with E-state index in [1.54, 1.807) is 0 Å². The van der Waals surface area contributed by atoms with Crippen LogP contribution in [0.25, 0.3) is 0 Å². The van der Waals surface area contributed by atoms with Gasteiger partial charge in [-0.15, -0.1) is 0 Å². The van der Waals surface area contributed by atoms with Crippen molar-refractivity contribution in [3.8, 4) is 0 Å². The molecule has 0 spiro atoms. The summed E-state index contributed by atoms with van der Waals surface area (Å²) in [6.45, 7) is 4.11. The second-order valence-corrected chi connectivity index (χ2v) is 4.18. The SMILES string of the molecule is Nc1nc(NCCOCCO)nc(N2CCOCC2)n1. The molecule has 0 saturated carbocycles. The van der Waals surface area contributed by atoms with Crippen LogP contribution >= 0.6 is 0 Å².